The van der Waals surface area contributed by atoms with Crippen LogP contribution >= 0.6 is 0 Å². The van der Waals surface area contributed by atoms with Crippen molar-refractivity contribution in [2.75, 3.05) is 11.9 Å². The van der Waals surface area contributed by atoms with Crippen LogP contribution < -0.4 is 16.4 Å². The molecule has 1 aliphatic heterocycles. The van der Waals surface area contributed by atoms with Crippen LogP contribution in [0.25, 0.3) is 6.08 Å². The molecule has 0 aliphatic carbocycles. The third-order valence-corrected chi connectivity index (χ3v) is 6.05. The molecular formula is C28H39N7. The van der Waals surface area contributed by atoms with Gasteiger partial charge in [0.2, 0.25) is 0 Å². The van der Waals surface area contributed by atoms with Crippen LogP contribution in [0.15, 0.2) is 79.0 Å². The minimum atomic E-state index is 0.0481. The largest absolute Gasteiger partial charge is 0.382 e. The smallest absolute Gasteiger partial charge is 0.160 e. The van der Waals surface area contributed by atoms with Gasteiger partial charge in [-0.2, -0.15) is 10.4 Å². The van der Waals surface area contributed by atoms with Gasteiger partial charge in [0.1, 0.15) is 5.82 Å². The molecule has 0 amide bonds. The summed E-state index contributed by atoms with van der Waals surface area (Å²) >= 11 is 0. The van der Waals surface area contributed by atoms with E-state index in [1.54, 1.807) is 6.08 Å². The van der Waals surface area contributed by atoms with Crippen LogP contribution in [0.3, 0.4) is 0 Å². The van der Waals surface area contributed by atoms with Crippen LogP contribution in [0.5, 0.6) is 0 Å². The van der Waals surface area contributed by atoms with Gasteiger partial charge < -0.3 is 21.3 Å². The first kappa shape index (κ1) is 27.5. The summed E-state index contributed by atoms with van der Waals surface area (Å²) in [4.78, 5) is 2.14. The Bertz CT molecular complexity index is 1080. The Hall–Kier alpha value is -3.76. The number of nitrogens with two attached hydrogens (primary N) is 1. The van der Waals surface area contributed by atoms with Crippen LogP contribution in [0.1, 0.15) is 50.8 Å². The van der Waals surface area contributed by atoms with Crippen molar-refractivity contribution in [2.45, 2.75) is 58.5 Å². The van der Waals surface area contributed by atoms with Crippen LogP contribution in [0.2, 0.25) is 0 Å². The number of allylic oxidation sites excluding steroid dienone is 6. The van der Waals surface area contributed by atoms with Gasteiger partial charge >= 0.3 is 0 Å². The first-order valence-corrected chi connectivity index (χ1v) is 11.9. The van der Waals surface area contributed by atoms with Gasteiger partial charge in [-0.25, -0.2) is 0 Å². The minimum Gasteiger partial charge on any atom is -0.382 e. The molecule has 0 aromatic carbocycles. The number of nitrogens with zero attached hydrogens (tertiary/aromatic N) is 3. The van der Waals surface area contributed by atoms with Gasteiger partial charge in [-0.15, -0.1) is 0 Å². The predicted octanol–water partition coefficient (Wildman–Crippen LogP) is 5.41. The van der Waals surface area contributed by atoms with Crippen molar-refractivity contribution in [1.29, 1.82) is 5.26 Å². The Morgan fingerprint density at radius 3 is 2.83 bits per heavy atom. The van der Waals surface area contributed by atoms with Crippen LogP contribution in [-0.2, 0) is 0 Å². The Balaban J connectivity index is 2.25. The zero-order valence-corrected chi connectivity index (χ0v) is 21.3. The molecule has 0 bridgehead atoms. The molecule has 1 unspecified atom stereocenters. The third kappa shape index (κ3) is 7.36. The Kier molecular flexibility index (Phi) is 10.4. The normalized spacial score (nSPS) is 18.4. The van der Waals surface area contributed by atoms with Gasteiger partial charge in [-0.1, -0.05) is 50.6 Å². The van der Waals surface area contributed by atoms with Crippen molar-refractivity contribution in [3.05, 3.63) is 90.2 Å². The molecule has 1 saturated heterocycles. The molecule has 186 valence electrons. The Morgan fingerprint density at radius 2 is 2.17 bits per heavy atom. The predicted molar refractivity (Wildman–Crippen MR) is 147 cm³/mol. The lowest BCUT2D eigenvalue weighted by Crippen LogP contribution is -2.40. The number of nitrogens with one attached hydrogen (secondary N) is 3. The first-order chi connectivity index (χ1) is 16.7. The zero-order valence-electron chi connectivity index (χ0n) is 21.3. The summed E-state index contributed by atoms with van der Waals surface area (Å²) in [5.74, 6) is 1.40. The topological polar surface area (TPSA) is 106 Å². The van der Waals surface area contributed by atoms with E-state index < -0.39 is 0 Å². The van der Waals surface area contributed by atoms with E-state index in [1.807, 2.05) is 39.0 Å². The molecule has 1 aromatic rings. The average Bonchev–Trinajstić information content (AvgIpc) is 3.15. The van der Waals surface area contributed by atoms with Gasteiger partial charge in [0.25, 0.3) is 0 Å². The number of likely N-dealkylation sites (tertiary alicyclic amines) is 1. The third-order valence-electron chi connectivity index (χ3n) is 6.05. The maximum absolute atomic E-state index is 8.88. The molecule has 2 rings (SSSR count). The maximum atomic E-state index is 8.88. The number of piperidine rings is 1. The fourth-order valence-electron chi connectivity index (χ4n) is 4.02. The minimum absolute atomic E-state index is 0.0481. The van der Waals surface area contributed by atoms with Gasteiger partial charge in [0.05, 0.1) is 12.5 Å². The van der Waals surface area contributed by atoms with E-state index in [4.69, 9.17) is 11.0 Å². The summed E-state index contributed by atoms with van der Waals surface area (Å²) in [6, 6.07) is 2.42. The molecule has 0 spiro atoms. The molecule has 7 heteroatoms. The lowest BCUT2D eigenvalue weighted by molar-refractivity contribution is 0.268. The summed E-state index contributed by atoms with van der Waals surface area (Å²) in [5.41, 5.74) is 11.7. The molecular weight excluding hydrogens is 434 g/mol. The molecule has 2 atom stereocenters. The number of aromatic nitrogens is 2. The highest BCUT2D eigenvalue weighted by Gasteiger charge is 2.29. The van der Waals surface area contributed by atoms with Crippen LogP contribution in [0, 0.1) is 18.3 Å². The van der Waals surface area contributed by atoms with Gasteiger partial charge in [-0.05, 0) is 63.8 Å². The van der Waals surface area contributed by atoms with Crippen LogP contribution in [-0.4, -0.2) is 33.7 Å². The number of nitriles is 1. The van der Waals surface area contributed by atoms with Crippen molar-refractivity contribution >= 4 is 11.9 Å². The number of hydrogen-bond donors (Lipinski definition) is 4. The Labute approximate surface area is 210 Å². The van der Waals surface area contributed by atoms with E-state index in [2.05, 4.69) is 64.2 Å². The number of hydrogen-bond acceptors (Lipinski definition) is 6. The standard InChI is InChI=1S/C28H39N7/c1-8-9-10-27-22(5)33-34-28(27)32-24(7)35-23(6)25(13-14-26(35)16-18-30)12-11-19(2)21(4)31-20(3)15-17-29/h8-12,20,26,31H,1,4,6-7,13-16,18,30H2,2-3,5H3,(H2,32,33,34)/b10-9-,19-11+,25-12-/t20-,26?/m0/s1. The highest BCUT2D eigenvalue weighted by molar-refractivity contribution is 5.67. The second kappa shape index (κ2) is 13.2. The lowest BCUT2D eigenvalue weighted by Gasteiger charge is -2.41. The maximum Gasteiger partial charge on any atom is 0.160 e. The molecule has 7 nitrogen and oxygen atoms in total. The fraction of sp³-hybridized carbons (Fsp3) is 0.357. The van der Waals surface area contributed by atoms with Crippen molar-refractivity contribution in [2.24, 2.45) is 5.73 Å². The molecule has 0 saturated carbocycles. The number of aryl methyl sites for hydroxylation is 1. The van der Waals surface area contributed by atoms with Crippen molar-refractivity contribution in [3.63, 3.8) is 0 Å². The van der Waals surface area contributed by atoms with Crippen molar-refractivity contribution < 1.29 is 0 Å². The SMILES string of the molecule is C=C/C=C\c1c(NC(=C)N2C(=C)/C(=C\C=C(/C)C(=C)N[C@@H](C)CC#N)CCC2CCN)n[nH]c1C. The molecule has 0 radical (unpaired) electrons. The highest BCUT2D eigenvalue weighted by atomic mass is 15.3. The van der Waals surface area contributed by atoms with E-state index in [0.717, 1.165) is 53.1 Å². The average molecular weight is 474 g/mol. The second-order valence-corrected chi connectivity index (χ2v) is 8.79. The van der Waals surface area contributed by atoms with E-state index >= 15 is 0 Å². The molecule has 1 aliphatic rings. The van der Waals surface area contributed by atoms with Crippen molar-refractivity contribution in [1.82, 2.24) is 20.4 Å². The van der Waals surface area contributed by atoms with Crippen molar-refractivity contribution in [3.8, 4) is 6.07 Å². The quantitative estimate of drug-likeness (QED) is 0.303. The highest BCUT2D eigenvalue weighted by Crippen LogP contribution is 2.34. The first-order valence-electron chi connectivity index (χ1n) is 11.9. The molecule has 1 aromatic heterocycles. The fourth-order valence-corrected chi connectivity index (χ4v) is 4.02. The second-order valence-electron chi connectivity index (χ2n) is 8.79. The monoisotopic (exact) mass is 473 g/mol. The molecule has 35 heavy (non-hydrogen) atoms. The van der Waals surface area contributed by atoms with E-state index in [-0.39, 0.29) is 12.1 Å². The summed E-state index contributed by atoms with van der Waals surface area (Å²) in [6.07, 6.45) is 12.8. The van der Waals surface area contributed by atoms with E-state index in [9.17, 15) is 0 Å². The summed E-state index contributed by atoms with van der Waals surface area (Å²) < 4.78 is 0. The number of aromatic amines is 1. The summed E-state index contributed by atoms with van der Waals surface area (Å²) in [6.45, 7) is 23.1. The summed E-state index contributed by atoms with van der Waals surface area (Å²) in [7, 11) is 0. The summed E-state index contributed by atoms with van der Waals surface area (Å²) in [5, 5.41) is 23.0. The molecule has 2 heterocycles. The van der Waals surface area contributed by atoms with Gasteiger partial charge in [0, 0.05) is 34.7 Å². The Morgan fingerprint density at radius 1 is 1.43 bits per heavy atom. The van der Waals surface area contributed by atoms with Gasteiger partial charge in [-0.3, -0.25) is 5.10 Å². The molecule has 1 fully saturated rings. The lowest BCUT2D eigenvalue weighted by atomic mass is 9.92. The van der Waals surface area contributed by atoms with E-state index in [0.29, 0.717) is 24.6 Å². The number of rotatable bonds is 12. The number of H-pyrrole nitrogens is 1. The van der Waals surface area contributed by atoms with E-state index in [1.165, 1.54) is 0 Å². The van der Waals surface area contributed by atoms with Crippen LogP contribution in [0.4, 0.5) is 5.82 Å². The molecule has 5 N–H and O–H groups in total. The zero-order chi connectivity index (χ0) is 26.0. The van der Waals surface area contributed by atoms with Gasteiger partial charge in [0.15, 0.2) is 5.82 Å². The number of anilines is 1.